The fraction of sp³-hybridized carbons (Fsp3) is 0.400. The predicted molar refractivity (Wildman–Crippen MR) is 66.7 cm³/mol. The average molecular weight is 262 g/mol. The van der Waals surface area contributed by atoms with Crippen LogP contribution in [0.3, 0.4) is 0 Å². The van der Waals surface area contributed by atoms with Crippen LogP contribution in [0.5, 0.6) is 0 Å². The van der Waals surface area contributed by atoms with E-state index in [0.29, 0.717) is 6.54 Å². The van der Waals surface area contributed by atoms with E-state index in [0.717, 1.165) is 22.9 Å². The van der Waals surface area contributed by atoms with Crippen LogP contribution in [0, 0.1) is 0 Å². The van der Waals surface area contributed by atoms with E-state index in [4.69, 9.17) is 11.6 Å². The lowest BCUT2D eigenvalue weighted by molar-refractivity contribution is 0.469. The second-order valence-corrected chi connectivity index (χ2v) is 6.26. The van der Waals surface area contributed by atoms with Gasteiger partial charge in [-0.15, -0.1) is 11.8 Å². The minimum Gasteiger partial charge on any atom is -0.243 e. The molecule has 2 rings (SSSR count). The van der Waals surface area contributed by atoms with E-state index in [9.17, 15) is 4.21 Å². The third-order valence-electron chi connectivity index (χ3n) is 2.37. The average Bonchev–Trinajstić information content (AvgIpc) is 2.40. The minimum atomic E-state index is -0.917. The smallest absolute Gasteiger partial charge is 0.0914 e. The second kappa shape index (κ2) is 4.87. The molecule has 82 valence electrons. The molecule has 0 fully saturated rings. The number of hydrogen-bond acceptors (Lipinski definition) is 2. The summed E-state index contributed by atoms with van der Waals surface area (Å²) in [6.45, 7) is 1.53. The second-order valence-electron chi connectivity index (χ2n) is 3.35. The van der Waals surface area contributed by atoms with Crippen molar-refractivity contribution in [1.82, 2.24) is 4.31 Å². The summed E-state index contributed by atoms with van der Waals surface area (Å²) >= 11 is 7.93. The molecule has 1 aliphatic rings. The van der Waals surface area contributed by atoms with Gasteiger partial charge in [-0.05, 0) is 17.7 Å². The summed E-state index contributed by atoms with van der Waals surface area (Å²) in [6, 6.07) is 5.93. The first kappa shape index (κ1) is 11.5. The first-order valence-corrected chi connectivity index (χ1v) is 7.55. The van der Waals surface area contributed by atoms with E-state index < -0.39 is 11.0 Å². The Morgan fingerprint density at radius 3 is 3.07 bits per heavy atom. The highest BCUT2D eigenvalue weighted by Gasteiger charge is 2.18. The van der Waals surface area contributed by atoms with Gasteiger partial charge in [0.05, 0.1) is 11.0 Å². The van der Waals surface area contributed by atoms with Gasteiger partial charge >= 0.3 is 0 Å². The maximum absolute atomic E-state index is 11.5. The Labute approximate surface area is 102 Å². The molecule has 0 saturated heterocycles. The zero-order valence-corrected chi connectivity index (χ0v) is 10.8. The molecule has 1 atom stereocenters. The van der Waals surface area contributed by atoms with Crippen molar-refractivity contribution in [2.45, 2.75) is 11.4 Å². The third-order valence-corrected chi connectivity index (χ3v) is 4.85. The van der Waals surface area contributed by atoms with E-state index in [2.05, 4.69) is 6.07 Å². The molecule has 1 aliphatic heterocycles. The van der Waals surface area contributed by atoms with Crippen LogP contribution < -0.4 is 0 Å². The normalized spacial score (nSPS) is 19.3. The fourth-order valence-electron chi connectivity index (χ4n) is 1.56. The molecule has 5 heteroatoms. The number of thioether (sulfide) groups is 1. The van der Waals surface area contributed by atoms with E-state index in [1.165, 1.54) is 4.90 Å². The zero-order valence-electron chi connectivity index (χ0n) is 8.40. The summed E-state index contributed by atoms with van der Waals surface area (Å²) in [4.78, 5) is 1.22. The molecule has 0 N–H and O–H groups in total. The third kappa shape index (κ3) is 2.56. The van der Waals surface area contributed by atoms with Crippen LogP contribution in [0.4, 0.5) is 0 Å². The minimum absolute atomic E-state index is 0.686. The van der Waals surface area contributed by atoms with Crippen molar-refractivity contribution in [2.75, 3.05) is 18.6 Å². The van der Waals surface area contributed by atoms with Crippen molar-refractivity contribution in [1.29, 1.82) is 0 Å². The van der Waals surface area contributed by atoms with Crippen molar-refractivity contribution in [3.8, 4) is 0 Å². The molecule has 1 heterocycles. The van der Waals surface area contributed by atoms with Crippen LogP contribution in [0.1, 0.15) is 5.56 Å². The monoisotopic (exact) mass is 261 g/mol. The maximum Gasteiger partial charge on any atom is 0.0914 e. The highest BCUT2D eigenvalue weighted by atomic mass is 35.5. The number of nitrogens with zero attached hydrogens (tertiary/aromatic N) is 1. The zero-order chi connectivity index (χ0) is 10.8. The van der Waals surface area contributed by atoms with Crippen molar-refractivity contribution in [3.05, 3.63) is 28.8 Å². The molecule has 0 bridgehead atoms. The fourth-order valence-corrected chi connectivity index (χ4v) is 3.68. The molecule has 0 aliphatic carbocycles. The van der Waals surface area contributed by atoms with Gasteiger partial charge in [0.25, 0.3) is 0 Å². The van der Waals surface area contributed by atoms with Gasteiger partial charge in [0.15, 0.2) is 0 Å². The van der Waals surface area contributed by atoms with Gasteiger partial charge in [-0.3, -0.25) is 0 Å². The Balaban J connectivity index is 2.35. The van der Waals surface area contributed by atoms with Crippen LogP contribution in [0.2, 0.25) is 5.02 Å². The van der Waals surface area contributed by atoms with Gasteiger partial charge < -0.3 is 0 Å². The van der Waals surface area contributed by atoms with Crippen LogP contribution >= 0.6 is 23.4 Å². The number of rotatable bonds is 1. The van der Waals surface area contributed by atoms with Crippen LogP contribution in [0.15, 0.2) is 23.1 Å². The summed E-state index contributed by atoms with van der Waals surface area (Å²) < 4.78 is 13.4. The predicted octanol–water partition coefficient (Wildman–Crippen LogP) is 2.54. The summed E-state index contributed by atoms with van der Waals surface area (Å²) in [5.41, 5.74) is 1.11. The number of fused-ring (bicyclic) bond motifs is 1. The van der Waals surface area contributed by atoms with Gasteiger partial charge in [-0.1, -0.05) is 17.7 Å². The highest BCUT2D eigenvalue weighted by Crippen LogP contribution is 2.32. The van der Waals surface area contributed by atoms with Crippen LogP contribution in [-0.4, -0.2) is 27.1 Å². The number of hydrogen-bond donors (Lipinski definition) is 0. The van der Waals surface area contributed by atoms with Crippen molar-refractivity contribution >= 4 is 34.3 Å². The van der Waals surface area contributed by atoms with Crippen molar-refractivity contribution in [2.24, 2.45) is 0 Å². The summed E-state index contributed by atoms with van der Waals surface area (Å²) in [7, 11) is -0.917. The Kier molecular flexibility index (Phi) is 3.72. The number of halogens is 1. The lowest BCUT2D eigenvalue weighted by atomic mass is 10.2. The summed E-state index contributed by atoms with van der Waals surface area (Å²) in [5.74, 6) is 0.965. The van der Waals surface area contributed by atoms with E-state index in [-0.39, 0.29) is 0 Å². The molecule has 0 saturated carbocycles. The van der Waals surface area contributed by atoms with E-state index >= 15 is 0 Å². The maximum atomic E-state index is 11.5. The van der Waals surface area contributed by atoms with Gasteiger partial charge in [0.1, 0.15) is 0 Å². The summed E-state index contributed by atoms with van der Waals surface area (Å²) in [6.07, 6.45) is 1.71. The largest absolute Gasteiger partial charge is 0.243 e. The Bertz CT molecular complexity index is 397. The molecule has 0 spiro atoms. The highest BCUT2D eigenvalue weighted by molar-refractivity contribution is 7.99. The SMILES string of the molecule is CS(=O)N1CCSc2cccc(Cl)c2C1. The standard InChI is InChI=1S/C10H12ClNOS2/c1-15(13)12-5-6-14-10-4-2-3-9(11)8(10)7-12/h2-4H,5-7H2,1H3. The summed E-state index contributed by atoms with van der Waals surface area (Å²) in [5, 5.41) is 0.775. The van der Waals surface area contributed by atoms with E-state index in [1.807, 2.05) is 16.4 Å². The molecule has 1 unspecified atom stereocenters. The van der Waals surface area contributed by atoms with Gasteiger partial charge in [0.2, 0.25) is 0 Å². The molecule has 0 radical (unpaired) electrons. The van der Waals surface area contributed by atoms with Gasteiger partial charge in [0, 0.05) is 35.0 Å². The lowest BCUT2D eigenvalue weighted by Crippen LogP contribution is -2.26. The van der Waals surface area contributed by atoms with Crippen LogP contribution in [0.25, 0.3) is 0 Å². The van der Waals surface area contributed by atoms with Gasteiger partial charge in [-0.2, -0.15) is 0 Å². The molecule has 0 aromatic heterocycles. The van der Waals surface area contributed by atoms with E-state index in [1.54, 1.807) is 18.0 Å². The Morgan fingerprint density at radius 1 is 1.53 bits per heavy atom. The quantitative estimate of drug-likeness (QED) is 0.774. The number of benzene rings is 1. The first-order chi connectivity index (χ1) is 7.18. The van der Waals surface area contributed by atoms with Gasteiger partial charge in [-0.25, -0.2) is 8.51 Å². The molecule has 2 nitrogen and oxygen atoms in total. The van der Waals surface area contributed by atoms with Crippen molar-refractivity contribution < 1.29 is 4.21 Å². The molecule has 1 aromatic carbocycles. The molecule has 1 aromatic rings. The molecular weight excluding hydrogens is 250 g/mol. The lowest BCUT2D eigenvalue weighted by Gasteiger charge is -2.16. The molecule has 0 amide bonds. The topological polar surface area (TPSA) is 20.3 Å². The molecular formula is C10H12ClNOS2. The Hall–Kier alpha value is -0.0300. The Morgan fingerprint density at radius 2 is 2.33 bits per heavy atom. The molecule has 15 heavy (non-hydrogen) atoms. The first-order valence-electron chi connectivity index (χ1n) is 4.67. The van der Waals surface area contributed by atoms with Crippen LogP contribution in [-0.2, 0) is 17.5 Å². The van der Waals surface area contributed by atoms with Crippen molar-refractivity contribution in [3.63, 3.8) is 0 Å².